The number of halogens is 3. The number of hydrogen-bond donors (Lipinski definition) is 0. The van der Waals surface area contributed by atoms with E-state index >= 15 is 0 Å². The minimum Gasteiger partial charge on any atom is -0.335 e. The number of carbonyl (C=O) groups is 2. The quantitative estimate of drug-likeness (QED) is 0.500. The molecule has 2 saturated heterocycles. The molecular weight excluding hydrogens is 519 g/mol. The summed E-state index contributed by atoms with van der Waals surface area (Å²) in [5.41, 5.74) is 3.88. The van der Waals surface area contributed by atoms with Gasteiger partial charge < -0.3 is 14.7 Å². The Labute approximate surface area is 220 Å². The largest absolute Gasteiger partial charge is 0.419 e. The Morgan fingerprint density at radius 2 is 1.76 bits per heavy atom. The van der Waals surface area contributed by atoms with Gasteiger partial charge in [-0.2, -0.15) is 13.2 Å². The summed E-state index contributed by atoms with van der Waals surface area (Å²) in [6, 6.07) is 5.79. The van der Waals surface area contributed by atoms with Crippen LogP contribution in [-0.2, 0) is 17.4 Å². The van der Waals surface area contributed by atoms with Crippen molar-refractivity contribution in [3.8, 4) is 0 Å². The molecule has 38 heavy (non-hydrogen) atoms. The van der Waals surface area contributed by atoms with Crippen LogP contribution in [0, 0.1) is 0 Å². The zero-order valence-corrected chi connectivity index (χ0v) is 21.1. The molecule has 0 aliphatic carbocycles. The van der Waals surface area contributed by atoms with Crippen LogP contribution in [-0.4, -0.2) is 81.9 Å². The smallest absolute Gasteiger partial charge is 0.335 e. The monoisotopic (exact) mass is 543 g/mol. The molecule has 3 aliphatic rings. The maximum absolute atomic E-state index is 13.0. The molecule has 2 aromatic heterocycles. The third-order valence-electron chi connectivity index (χ3n) is 7.35. The molecule has 5 heterocycles. The third kappa shape index (κ3) is 4.60. The van der Waals surface area contributed by atoms with Gasteiger partial charge >= 0.3 is 6.18 Å². The normalized spacial score (nSPS) is 20.3. The van der Waals surface area contributed by atoms with Gasteiger partial charge in [-0.3, -0.25) is 14.5 Å². The average molecular weight is 544 g/mol. The van der Waals surface area contributed by atoms with Crippen molar-refractivity contribution >= 4 is 40.5 Å². The minimum absolute atomic E-state index is 0.0519. The molecule has 1 atom stereocenters. The number of amides is 2. The molecule has 13 heteroatoms. The van der Waals surface area contributed by atoms with Crippen molar-refractivity contribution in [3.05, 3.63) is 58.3 Å². The number of piperazine rings is 1. The zero-order valence-electron chi connectivity index (χ0n) is 20.3. The summed E-state index contributed by atoms with van der Waals surface area (Å²) in [6.07, 6.45) is -1.79. The lowest BCUT2D eigenvalue weighted by Crippen LogP contribution is -2.52. The van der Waals surface area contributed by atoms with Crippen molar-refractivity contribution in [2.24, 2.45) is 0 Å². The maximum atomic E-state index is 13.0. The fourth-order valence-electron chi connectivity index (χ4n) is 5.32. The first-order chi connectivity index (χ1) is 18.3. The van der Waals surface area contributed by atoms with Gasteiger partial charge in [0.25, 0.3) is 5.91 Å². The highest BCUT2D eigenvalue weighted by Gasteiger charge is 2.37. The van der Waals surface area contributed by atoms with Gasteiger partial charge in [0.15, 0.2) is 0 Å². The second-order valence-corrected chi connectivity index (χ2v) is 10.3. The van der Waals surface area contributed by atoms with Crippen molar-refractivity contribution in [2.75, 3.05) is 49.1 Å². The molecular formula is C25H24F3N7O2S. The molecule has 9 nitrogen and oxygen atoms in total. The lowest BCUT2D eigenvalue weighted by molar-refractivity contribution is -0.138. The van der Waals surface area contributed by atoms with Crippen molar-refractivity contribution in [1.29, 1.82) is 0 Å². The number of aromatic nitrogens is 3. The Bertz CT molecular complexity index is 1340. The summed E-state index contributed by atoms with van der Waals surface area (Å²) in [5.74, 6) is 0.218. The Hall–Kier alpha value is -3.58. The van der Waals surface area contributed by atoms with E-state index < -0.39 is 11.7 Å². The van der Waals surface area contributed by atoms with Gasteiger partial charge in [-0.15, -0.1) is 11.3 Å². The highest BCUT2D eigenvalue weighted by molar-refractivity contribution is 7.07. The number of hydrogen-bond acceptors (Lipinski definition) is 8. The summed E-state index contributed by atoms with van der Waals surface area (Å²) >= 11 is 1.40. The first kappa shape index (κ1) is 24.7. The van der Waals surface area contributed by atoms with E-state index in [4.69, 9.17) is 0 Å². The Kier molecular flexibility index (Phi) is 6.26. The Morgan fingerprint density at radius 1 is 1.00 bits per heavy atom. The molecule has 2 fully saturated rings. The number of rotatable bonds is 4. The molecule has 0 N–H and O–H groups in total. The van der Waals surface area contributed by atoms with Gasteiger partial charge in [0.2, 0.25) is 11.9 Å². The predicted molar refractivity (Wildman–Crippen MR) is 135 cm³/mol. The summed E-state index contributed by atoms with van der Waals surface area (Å²) in [7, 11) is 0. The number of thiazole rings is 1. The fraction of sp³-hybridized carbons (Fsp3) is 0.400. The molecule has 3 aliphatic heterocycles. The van der Waals surface area contributed by atoms with Crippen LogP contribution < -0.4 is 9.80 Å². The van der Waals surface area contributed by atoms with Crippen LogP contribution in [0.3, 0.4) is 0 Å². The molecule has 0 saturated carbocycles. The highest BCUT2D eigenvalue weighted by atomic mass is 32.1. The molecule has 3 aromatic rings. The number of alkyl halides is 3. The van der Waals surface area contributed by atoms with Crippen molar-refractivity contribution < 1.29 is 22.8 Å². The van der Waals surface area contributed by atoms with E-state index in [1.54, 1.807) is 20.7 Å². The number of benzene rings is 1. The van der Waals surface area contributed by atoms with Gasteiger partial charge in [-0.05, 0) is 30.2 Å². The van der Waals surface area contributed by atoms with Crippen LogP contribution in [0.15, 0.2) is 41.5 Å². The average Bonchev–Trinajstić information content (AvgIpc) is 3.68. The molecule has 6 rings (SSSR count). The van der Waals surface area contributed by atoms with Crippen LogP contribution in [0.4, 0.5) is 30.5 Å². The van der Waals surface area contributed by atoms with E-state index in [0.717, 1.165) is 29.3 Å². The predicted octanol–water partition coefficient (Wildman–Crippen LogP) is 3.21. The molecule has 0 unspecified atom stereocenters. The van der Waals surface area contributed by atoms with Crippen molar-refractivity contribution in [1.82, 2.24) is 24.8 Å². The lowest BCUT2D eigenvalue weighted by atomic mass is 10.1. The second-order valence-electron chi connectivity index (χ2n) is 9.55. The van der Waals surface area contributed by atoms with Crippen LogP contribution in [0.5, 0.6) is 0 Å². The molecule has 2 amide bonds. The van der Waals surface area contributed by atoms with Gasteiger partial charge in [-0.25, -0.2) is 15.0 Å². The summed E-state index contributed by atoms with van der Waals surface area (Å²) in [6.45, 7) is 3.72. The van der Waals surface area contributed by atoms with E-state index in [1.165, 1.54) is 11.3 Å². The van der Waals surface area contributed by atoms with Gasteiger partial charge in [0, 0.05) is 80.9 Å². The maximum Gasteiger partial charge on any atom is 0.419 e. The topological polar surface area (TPSA) is 85.8 Å². The van der Waals surface area contributed by atoms with Gasteiger partial charge in [-0.1, -0.05) is 0 Å². The SMILES string of the molecule is O=C(c1cscn1)N1CCN([C@@H]2CC(=O)N(c3ccc4c(c3)CCN4c3ncc(C(F)(F)F)cn3)C2)CC1. The van der Waals surface area contributed by atoms with Crippen LogP contribution in [0.25, 0.3) is 0 Å². The van der Waals surface area contributed by atoms with Crippen LogP contribution in [0.2, 0.25) is 0 Å². The Balaban J connectivity index is 1.10. The van der Waals surface area contributed by atoms with E-state index in [9.17, 15) is 22.8 Å². The summed E-state index contributed by atoms with van der Waals surface area (Å²) in [5, 5.41) is 1.76. The summed E-state index contributed by atoms with van der Waals surface area (Å²) in [4.78, 5) is 45.2. The standard InChI is InChI=1S/C25H24F3N7O2S/c26-25(27,28)17-11-29-24(30-12-17)34-4-3-16-9-18(1-2-21(16)34)35-13-19(10-22(35)36)32-5-7-33(8-6-32)23(37)20-14-38-15-31-20/h1-2,9,11-12,14-15,19H,3-8,10,13H2/t19-/m1/s1. The number of carbonyl (C=O) groups excluding carboxylic acids is 2. The third-order valence-corrected chi connectivity index (χ3v) is 7.94. The minimum atomic E-state index is -4.48. The fourth-order valence-corrected chi connectivity index (χ4v) is 5.85. The van der Waals surface area contributed by atoms with Gasteiger partial charge in [0.05, 0.1) is 11.1 Å². The molecule has 198 valence electrons. The molecule has 0 bridgehead atoms. The van der Waals surface area contributed by atoms with Crippen LogP contribution >= 0.6 is 11.3 Å². The number of anilines is 3. The van der Waals surface area contributed by atoms with Gasteiger partial charge in [0.1, 0.15) is 5.69 Å². The first-order valence-corrected chi connectivity index (χ1v) is 13.2. The Morgan fingerprint density at radius 3 is 2.45 bits per heavy atom. The zero-order chi connectivity index (χ0) is 26.4. The number of fused-ring (bicyclic) bond motifs is 1. The van der Waals surface area contributed by atoms with E-state index in [2.05, 4.69) is 19.9 Å². The van der Waals surface area contributed by atoms with E-state index in [0.29, 0.717) is 57.8 Å². The lowest BCUT2D eigenvalue weighted by Gasteiger charge is -2.37. The van der Waals surface area contributed by atoms with E-state index in [1.807, 2.05) is 23.1 Å². The van der Waals surface area contributed by atoms with Crippen molar-refractivity contribution in [3.63, 3.8) is 0 Å². The number of nitrogens with zero attached hydrogens (tertiary/aromatic N) is 7. The van der Waals surface area contributed by atoms with Crippen molar-refractivity contribution in [2.45, 2.75) is 25.1 Å². The first-order valence-electron chi connectivity index (χ1n) is 12.3. The van der Waals surface area contributed by atoms with Crippen LogP contribution in [0.1, 0.15) is 28.0 Å². The highest BCUT2D eigenvalue weighted by Crippen LogP contribution is 2.37. The molecule has 0 spiro atoms. The van der Waals surface area contributed by atoms with E-state index in [-0.39, 0.29) is 23.8 Å². The second kappa shape index (κ2) is 9.62. The summed E-state index contributed by atoms with van der Waals surface area (Å²) < 4.78 is 38.6. The molecule has 0 radical (unpaired) electrons. The molecule has 1 aromatic carbocycles.